The third-order valence-electron chi connectivity index (χ3n) is 4.09. The van der Waals surface area contributed by atoms with Gasteiger partial charge >= 0.3 is 5.97 Å². The number of anilines is 1. The zero-order chi connectivity index (χ0) is 20.9. The van der Waals surface area contributed by atoms with E-state index in [0.29, 0.717) is 13.2 Å². The van der Waals surface area contributed by atoms with Crippen molar-refractivity contribution >= 4 is 27.6 Å². The normalized spacial score (nSPS) is 14.9. The van der Waals surface area contributed by atoms with Crippen molar-refractivity contribution in [3.8, 4) is 5.75 Å². The summed E-state index contributed by atoms with van der Waals surface area (Å²) in [4.78, 5) is 23.7. The Hall–Kier alpha value is -2.96. The van der Waals surface area contributed by atoms with Crippen LogP contribution in [-0.4, -0.2) is 74.8 Å². The molecule has 0 saturated carbocycles. The number of ether oxygens (including phenoxy) is 3. The maximum Gasteiger partial charge on any atom is 0.356 e. The molecule has 1 saturated heterocycles. The lowest BCUT2D eigenvalue weighted by atomic mass is 10.3. The van der Waals surface area contributed by atoms with E-state index in [0.717, 1.165) is 0 Å². The summed E-state index contributed by atoms with van der Waals surface area (Å²) in [6.45, 7) is 0.520. The summed E-state index contributed by atoms with van der Waals surface area (Å²) in [7, 11) is -2.48. The summed E-state index contributed by atoms with van der Waals surface area (Å²) >= 11 is 0. The molecule has 0 aliphatic carbocycles. The van der Waals surface area contributed by atoms with Crippen molar-refractivity contribution in [1.82, 2.24) is 14.5 Å². The van der Waals surface area contributed by atoms with Crippen LogP contribution in [0.4, 0.5) is 5.69 Å². The molecule has 0 atom stereocenters. The van der Waals surface area contributed by atoms with Crippen LogP contribution in [0, 0.1) is 0 Å². The van der Waals surface area contributed by atoms with E-state index in [2.05, 4.69) is 15.5 Å². The minimum absolute atomic E-state index is 0.0749. The smallest absolute Gasteiger partial charge is 0.356 e. The Labute approximate surface area is 167 Å². The van der Waals surface area contributed by atoms with Crippen molar-refractivity contribution in [2.45, 2.75) is 4.90 Å². The Morgan fingerprint density at radius 1 is 1.28 bits per heavy atom. The molecule has 1 aromatic carbocycles. The van der Waals surface area contributed by atoms with Crippen LogP contribution < -0.4 is 10.1 Å². The molecule has 2 heterocycles. The average molecular weight is 424 g/mol. The first-order valence-corrected chi connectivity index (χ1v) is 10.1. The van der Waals surface area contributed by atoms with E-state index in [1.165, 1.54) is 41.9 Å². The van der Waals surface area contributed by atoms with Crippen molar-refractivity contribution < 1.29 is 32.2 Å². The molecule has 29 heavy (non-hydrogen) atoms. The first-order chi connectivity index (χ1) is 13.9. The SMILES string of the molecule is COc1ccc(NC(=O)COC(=O)c2ccn[nH]2)cc1S(=O)(=O)N1CCOCC1. The minimum Gasteiger partial charge on any atom is -0.495 e. The molecule has 2 N–H and O–H groups in total. The number of amides is 1. The monoisotopic (exact) mass is 424 g/mol. The Morgan fingerprint density at radius 3 is 2.69 bits per heavy atom. The Morgan fingerprint density at radius 2 is 2.03 bits per heavy atom. The molecule has 0 bridgehead atoms. The lowest BCUT2D eigenvalue weighted by Crippen LogP contribution is -2.40. The molecule has 2 aromatic rings. The summed E-state index contributed by atoms with van der Waals surface area (Å²) in [5, 5.41) is 8.55. The van der Waals surface area contributed by atoms with Gasteiger partial charge < -0.3 is 19.5 Å². The predicted octanol–water partition coefficient (Wildman–Crippen LogP) is 0.235. The maximum absolute atomic E-state index is 13.0. The number of morpholine rings is 1. The number of carbonyl (C=O) groups is 2. The van der Waals surface area contributed by atoms with Gasteiger partial charge in [-0.3, -0.25) is 9.89 Å². The van der Waals surface area contributed by atoms with Gasteiger partial charge in [-0.15, -0.1) is 0 Å². The minimum atomic E-state index is -3.84. The number of benzene rings is 1. The van der Waals surface area contributed by atoms with Gasteiger partial charge in [0.15, 0.2) is 6.61 Å². The molecule has 1 aromatic heterocycles. The Bertz CT molecular complexity index is 970. The molecular formula is C17H20N4O7S. The summed E-state index contributed by atoms with van der Waals surface area (Å²) in [5.74, 6) is -1.21. The second kappa shape index (κ2) is 9.03. The average Bonchev–Trinajstić information content (AvgIpc) is 3.27. The second-order valence-electron chi connectivity index (χ2n) is 5.98. The number of carbonyl (C=O) groups excluding carboxylic acids is 2. The number of hydrogen-bond acceptors (Lipinski definition) is 8. The number of nitrogens with zero attached hydrogens (tertiary/aromatic N) is 2. The van der Waals surface area contributed by atoms with Crippen molar-refractivity contribution in [3.05, 3.63) is 36.2 Å². The summed E-state index contributed by atoms with van der Waals surface area (Å²) in [6.07, 6.45) is 1.38. The van der Waals surface area contributed by atoms with E-state index in [4.69, 9.17) is 14.2 Å². The highest BCUT2D eigenvalue weighted by Crippen LogP contribution is 2.30. The summed E-state index contributed by atoms with van der Waals surface area (Å²) < 4.78 is 42.4. The lowest BCUT2D eigenvalue weighted by Gasteiger charge is -2.26. The highest BCUT2D eigenvalue weighted by atomic mass is 32.2. The molecule has 1 fully saturated rings. The number of sulfonamides is 1. The van der Waals surface area contributed by atoms with Gasteiger partial charge in [-0.1, -0.05) is 0 Å². The molecule has 0 spiro atoms. The van der Waals surface area contributed by atoms with Gasteiger partial charge in [0, 0.05) is 25.0 Å². The number of aromatic nitrogens is 2. The number of aromatic amines is 1. The first-order valence-electron chi connectivity index (χ1n) is 8.64. The van der Waals surface area contributed by atoms with Crippen LogP contribution in [0.2, 0.25) is 0 Å². The van der Waals surface area contributed by atoms with Crippen LogP contribution in [0.5, 0.6) is 5.75 Å². The fourth-order valence-corrected chi connectivity index (χ4v) is 4.25. The molecular weight excluding hydrogens is 404 g/mol. The van der Waals surface area contributed by atoms with Crippen LogP contribution in [0.25, 0.3) is 0 Å². The quantitative estimate of drug-likeness (QED) is 0.602. The van der Waals surface area contributed by atoms with Gasteiger partial charge in [-0.05, 0) is 24.3 Å². The van der Waals surface area contributed by atoms with Gasteiger partial charge in [-0.2, -0.15) is 9.40 Å². The van der Waals surface area contributed by atoms with E-state index in [1.807, 2.05) is 0 Å². The Kier molecular flexibility index (Phi) is 6.46. The van der Waals surface area contributed by atoms with Crippen LogP contribution in [0.1, 0.15) is 10.5 Å². The highest BCUT2D eigenvalue weighted by molar-refractivity contribution is 7.89. The second-order valence-corrected chi connectivity index (χ2v) is 7.88. The highest BCUT2D eigenvalue weighted by Gasteiger charge is 2.29. The molecule has 1 aliphatic rings. The third-order valence-corrected chi connectivity index (χ3v) is 6.01. The van der Waals surface area contributed by atoms with Crippen LogP contribution in [0.3, 0.4) is 0 Å². The number of H-pyrrole nitrogens is 1. The van der Waals surface area contributed by atoms with Crippen molar-refractivity contribution in [3.63, 3.8) is 0 Å². The molecule has 0 unspecified atom stereocenters. The Balaban J connectivity index is 1.71. The van der Waals surface area contributed by atoms with Gasteiger partial charge in [0.2, 0.25) is 10.0 Å². The molecule has 0 radical (unpaired) electrons. The van der Waals surface area contributed by atoms with Crippen LogP contribution >= 0.6 is 0 Å². The van der Waals surface area contributed by atoms with Gasteiger partial charge in [0.05, 0.1) is 20.3 Å². The molecule has 12 heteroatoms. The number of methoxy groups -OCH3 is 1. The fraction of sp³-hybridized carbons (Fsp3) is 0.353. The predicted molar refractivity (Wildman–Crippen MR) is 100 cm³/mol. The third kappa shape index (κ3) is 4.91. The van der Waals surface area contributed by atoms with E-state index < -0.39 is 28.5 Å². The summed E-state index contributed by atoms with van der Waals surface area (Å²) in [5.41, 5.74) is 0.335. The van der Waals surface area contributed by atoms with Crippen molar-refractivity contribution in [2.75, 3.05) is 45.3 Å². The number of nitrogens with one attached hydrogen (secondary N) is 2. The molecule has 156 valence electrons. The fourth-order valence-electron chi connectivity index (χ4n) is 2.66. The number of hydrogen-bond donors (Lipinski definition) is 2. The van der Waals surface area contributed by atoms with Crippen molar-refractivity contribution in [1.29, 1.82) is 0 Å². The lowest BCUT2D eigenvalue weighted by molar-refractivity contribution is -0.119. The molecule has 11 nitrogen and oxygen atoms in total. The van der Waals surface area contributed by atoms with Gasteiger partial charge in [0.1, 0.15) is 16.3 Å². The van der Waals surface area contributed by atoms with Crippen LogP contribution in [-0.2, 0) is 24.3 Å². The number of esters is 1. The van der Waals surface area contributed by atoms with Gasteiger partial charge in [0.25, 0.3) is 5.91 Å². The zero-order valence-electron chi connectivity index (χ0n) is 15.6. The largest absolute Gasteiger partial charge is 0.495 e. The zero-order valence-corrected chi connectivity index (χ0v) is 16.4. The number of rotatable bonds is 7. The molecule has 3 rings (SSSR count). The van der Waals surface area contributed by atoms with E-state index in [9.17, 15) is 18.0 Å². The van der Waals surface area contributed by atoms with Crippen LogP contribution in [0.15, 0.2) is 35.4 Å². The molecule has 1 amide bonds. The van der Waals surface area contributed by atoms with Gasteiger partial charge in [-0.25, -0.2) is 13.2 Å². The standard InChI is InChI=1S/C17H20N4O7S/c1-26-14-3-2-12(10-15(14)29(24,25)21-6-8-27-9-7-21)19-16(22)11-28-17(23)13-4-5-18-20-13/h2-5,10H,6-9,11H2,1H3,(H,18,20)(H,19,22). The molecule has 1 aliphatic heterocycles. The maximum atomic E-state index is 13.0. The topological polar surface area (TPSA) is 140 Å². The first kappa shape index (κ1) is 20.8. The van der Waals surface area contributed by atoms with E-state index >= 15 is 0 Å². The summed E-state index contributed by atoms with van der Waals surface area (Å²) in [6, 6.07) is 5.65. The van der Waals surface area contributed by atoms with Crippen molar-refractivity contribution in [2.24, 2.45) is 0 Å². The van der Waals surface area contributed by atoms with E-state index in [1.54, 1.807) is 0 Å². The van der Waals surface area contributed by atoms with E-state index in [-0.39, 0.29) is 35.1 Å².